The minimum absolute atomic E-state index is 0.225. The molecule has 0 radical (unpaired) electrons. The van der Waals surface area contributed by atoms with E-state index in [-0.39, 0.29) is 11.9 Å². The summed E-state index contributed by atoms with van der Waals surface area (Å²) < 4.78 is 0.761. The van der Waals surface area contributed by atoms with Gasteiger partial charge in [0.15, 0.2) is 0 Å². The second-order valence-electron chi connectivity index (χ2n) is 3.27. The fraction of sp³-hybridized carbons (Fsp3) is 0.444. The lowest BCUT2D eigenvalue weighted by molar-refractivity contribution is -0.118. The van der Waals surface area contributed by atoms with Crippen LogP contribution in [-0.4, -0.2) is 22.4 Å². The molecule has 5 N–H and O–H groups in total. The number of carbonyl (C=O) groups is 1. The number of unbranched alkanes of at least 4 members (excludes halogenated alkanes) is 1. The molecule has 0 aliphatic rings. The maximum absolute atomic E-state index is 10.5. The Bertz CT molecular complexity index is 371. The third kappa shape index (κ3) is 4.43. The van der Waals surface area contributed by atoms with Crippen molar-refractivity contribution in [2.45, 2.75) is 19.3 Å². The fourth-order valence-electron chi connectivity index (χ4n) is 1.14. The van der Waals surface area contributed by atoms with Crippen LogP contribution in [0.5, 0.6) is 0 Å². The lowest BCUT2D eigenvalue weighted by Crippen LogP contribution is -2.11. The number of amides is 1. The Morgan fingerprint density at radius 2 is 2.25 bits per heavy atom. The normalized spacial score (nSPS) is 10.1. The van der Waals surface area contributed by atoms with Gasteiger partial charge in [0.1, 0.15) is 5.82 Å². The molecule has 1 aromatic rings. The van der Waals surface area contributed by atoms with Crippen LogP contribution in [0.4, 0.5) is 11.8 Å². The van der Waals surface area contributed by atoms with Crippen molar-refractivity contribution in [1.82, 2.24) is 9.97 Å². The number of primary amides is 1. The van der Waals surface area contributed by atoms with Crippen LogP contribution < -0.4 is 16.8 Å². The topological polar surface area (TPSA) is 107 Å². The summed E-state index contributed by atoms with van der Waals surface area (Å²) in [6.07, 6.45) is 3.61. The van der Waals surface area contributed by atoms with E-state index in [1.807, 2.05) is 0 Å². The summed E-state index contributed by atoms with van der Waals surface area (Å²) in [5.41, 5.74) is 10.5. The number of nitrogens with two attached hydrogens (primary N) is 2. The van der Waals surface area contributed by atoms with Gasteiger partial charge in [-0.3, -0.25) is 4.79 Å². The number of nitrogens with one attached hydrogen (secondary N) is 1. The molecule has 0 bridgehead atoms. The minimum atomic E-state index is -0.271. The summed E-state index contributed by atoms with van der Waals surface area (Å²) in [5, 5.41) is 3.10. The standard InChI is InChI=1S/C9H14BrN5O/c10-6-5-14-9(12)15-8(6)13-4-2-1-3-7(11)16/h5H,1-4H2,(H2,11,16)(H3,12,13,14,15). The summed E-state index contributed by atoms with van der Waals surface area (Å²) in [6, 6.07) is 0. The van der Waals surface area contributed by atoms with Crippen molar-refractivity contribution in [1.29, 1.82) is 0 Å². The number of anilines is 2. The average molecular weight is 288 g/mol. The zero-order valence-corrected chi connectivity index (χ0v) is 10.3. The van der Waals surface area contributed by atoms with Crippen molar-refractivity contribution >= 4 is 33.6 Å². The summed E-state index contributed by atoms with van der Waals surface area (Å²) in [4.78, 5) is 18.3. The Morgan fingerprint density at radius 3 is 2.94 bits per heavy atom. The second kappa shape index (κ2) is 6.26. The average Bonchev–Trinajstić information content (AvgIpc) is 2.22. The van der Waals surface area contributed by atoms with Gasteiger partial charge in [-0.1, -0.05) is 0 Å². The molecule has 0 unspecified atom stereocenters. The van der Waals surface area contributed by atoms with Gasteiger partial charge in [-0.25, -0.2) is 4.98 Å². The van der Waals surface area contributed by atoms with Crippen LogP contribution in [0, 0.1) is 0 Å². The molecule has 0 aliphatic heterocycles. The first kappa shape index (κ1) is 12.7. The van der Waals surface area contributed by atoms with Crippen LogP contribution in [0.2, 0.25) is 0 Å². The maximum atomic E-state index is 10.5. The molecule has 0 aliphatic carbocycles. The quantitative estimate of drug-likeness (QED) is 0.674. The third-order valence-corrected chi connectivity index (χ3v) is 2.49. The summed E-state index contributed by atoms with van der Waals surface area (Å²) in [6.45, 7) is 0.711. The monoisotopic (exact) mass is 287 g/mol. The number of rotatable bonds is 6. The molecule has 1 aromatic heterocycles. The van der Waals surface area contributed by atoms with E-state index in [0.717, 1.165) is 17.3 Å². The van der Waals surface area contributed by atoms with Gasteiger partial charge in [-0.15, -0.1) is 0 Å². The molecule has 1 amide bonds. The largest absolute Gasteiger partial charge is 0.370 e. The molecule has 0 saturated carbocycles. The van der Waals surface area contributed by atoms with Crippen LogP contribution in [0.3, 0.4) is 0 Å². The molecule has 16 heavy (non-hydrogen) atoms. The first-order valence-electron chi connectivity index (χ1n) is 4.90. The van der Waals surface area contributed by atoms with E-state index >= 15 is 0 Å². The molecule has 0 atom stereocenters. The van der Waals surface area contributed by atoms with Gasteiger partial charge >= 0.3 is 0 Å². The van der Waals surface area contributed by atoms with Gasteiger partial charge in [-0.05, 0) is 28.8 Å². The number of nitrogens with zero attached hydrogens (tertiary/aromatic N) is 2. The van der Waals surface area contributed by atoms with E-state index in [1.165, 1.54) is 0 Å². The Labute approximate surface area is 102 Å². The summed E-state index contributed by atoms with van der Waals surface area (Å²) in [7, 11) is 0. The first-order valence-corrected chi connectivity index (χ1v) is 5.69. The van der Waals surface area contributed by atoms with E-state index in [4.69, 9.17) is 11.5 Å². The number of aromatic nitrogens is 2. The lowest BCUT2D eigenvalue weighted by atomic mass is 10.2. The molecule has 0 fully saturated rings. The number of halogens is 1. The van der Waals surface area contributed by atoms with Gasteiger partial charge in [0.2, 0.25) is 11.9 Å². The van der Waals surface area contributed by atoms with Crippen molar-refractivity contribution in [3.05, 3.63) is 10.7 Å². The molecule has 0 aromatic carbocycles. The Balaban J connectivity index is 2.31. The van der Waals surface area contributed by atoms with Crippen LogP contribution in [0.25, 0.3) is 0 Å². The lowest BCUT2D eigenvalue weighted by Gasteiger charge is -2.06. The van der Waals surface area contributed by atoms with E-state index in [1.54, 1.807) is 6.20 Å². The van der Waals surface area contributed by atoms with Gasteiger partial charge < -0.3 is 16.8 Å². The Morgan fingerprint density at radius 1 is 1.50 bits per heavy atom. The van der Waals surface area contributed by atoms with E-state index < -0.39 is 0 Å². The van der Waals surface area contributed by atoms with Crippen LogP contribution in [-0.2, 0) is 4.79 Å². The smallest absolute Gasteiger partial charge is 0.221 e. The van der Waals surface area contributed by atoms with Gasteiger partial charge in [0.05, 0.1) is 4.47 Å². The molecule has 1 rings (SSSR count). The van der Waals surface area contributed by atoms with Crippen molar-refractivity contribution in [2.75, 3.05) is 17.6 Å². The molecule has 1 heterocycles. The summed E-state index contributed by atoms with van der Waals surface area (Å²) >= 11 is 3.31. The van der Waals surface area contributed by atoms with Gasteiger partial charge in [0, 0.05) is 19.2 Å². The molecular weight excluding hydrogens is 274 g/mol. The van der Waals surface area contributed by atoms with Crippen LogP contribution >= 0.6 is 15.9 Å². The Kier molecular flexibility index (Phi) is 4.97. The SMILES string of the molecule is NC(=O)CCCCNc1nc(N)ncc1Br. The molecular formula is C9H14BrN5O. The minimum Gasteiger partial charge on any atom is -0.370 e. The predicted molar refractivity (Wildman–Crippen MR) is 65.7 cm³/mol. The Hall–Kier alpha value is -1.37. The molecule has 0 spiro atoms. The zero-order valence-electron chi connectivity index (χ0n) is 8.74. The highest BCUT2D eigenvalue weighted by molar-refractivity contribution is 9.10. The number of nitrogen functional groups attached to an aromatic ring is 1. The number of hydrogen-bond acceptors (Lipinski definition) is 5. The molecule has 88 valence electrons. The van der Waals surface area contributed by atoms with E-state index in [2.05, 4.69) is 31.2 Å². The van der Waals surface area contributed by atoms with Crippen molar-refractivity contribution in [3.8, 4) is 0 Å². The zero-order chi connectivity index (χ0) is 12.0. The van der Waals surface area contributed by atoms with E-state index in [9.17, 15) is 4.79 Å². The maximum Gasteiger partial charge on any atom is 0.221 e. The van der Waals surface area contributed by atoms with Crippen molar-refractivity contribution < 1.29 is 4.79 Å². The first-order chi connectivity index (χ1) is 7.59. The number of hydrogen-bond donors (Lipinski definition) is 3. The third-order valence-electron chi connectivity index (χ3n) is 1.91. The van der Waals surface area contributed by atoms with Crippen LogP contribution in [0.15, 0.2) is 10.7 Å². The molecule has 0 saturated heterocycles. The van der Waals surface area contributed by atoms with Crippen molar-refractivity contribution in [3.63, 3.8) is 0 Å². The number of carbonyl (C=O) groups excluding carboxylic acids is 1. The van der Waals surface area contributed by atoms with E-state index in [0.29, 0.717) is 18.8 Å². The second-order valence-corrected chi connectivity index (χ2v) is 4.13. The highest BCUT2D eigenvalue weighted by Gasteiger charge is 2.02. The van der Waals surface area contributed by atoms with Crippen molar-refractivity contribution in [2.24, 2.45) is 5.73 Å². The summed E-state index contributed by atoms with van der Waals surface area (Å²) in [5.74, 6) is 0.613. The highest BCUT2D eigenvalue weighted by Crippen LogP contribution is 2.18. The highest BCUT2D eigenvalue weighted by atomic mass is 79.9. The molecule has 7 heteroatoms. The predicted octanol–water partition coefficient (Wildman–Crippen LogP) is 0.889. The van der Waals surface area contributed by atoms with Crippen LogP contribution in [0.1, 0.15) is 19.3 Å². The molecule has 6 nitrogen and oxygen atoms in total. The van der Waals surface area contributed by atoms with Gasteiger partial charge in [0.25, 0.3) is 0 Å². The fourth-order valence-corrected chi connectivity index (χ4v) is 1.47. The van der Waals surface area contributed by atoms with Gasteiger partial charge in [-0.2, -0.15) is 4.98 Å².